The number of piperazine rings is 1. The fraction of sp³-hybridized carbons (Fsp3) is 0.375. The Morgan fingerprint density at radius 2 is 1.88 bits per heavy atom. The number of para-hydroxylation sites is 1. The Morgan fingerprint density at radius 1 is 1.16 bits per heavy atom. The number of rotatable bonds is 4. The normalized spacial score (nSPS) is 15.6. The Bertz CT molecular complexity index is 701. The van der Waals surface area contributed by atoms with Crippen molar-refractivity contribution in [3.8, 4) is 0 Å². The average Bonchev–Trinajstić information content (AvgIpc) is 3.15. The highest BCUT2D eigenvalue weighted by molar-refractivity contribution is 7.13. The monoisotopic (exact) mass is 360 g/mol. The molecule has 3 rings (SSSR count). The predicted octanol–water partition coefficient (Wildman–Crippen LogP) is 1.40. The highest BCUT2D eigenvalue weighted by Gasteiger charge is 2.24. The number of anilines is 2. The lowest BCUT2D eigenvalue weighted by Gasteiger charge is -2.36. The van der Waals surface area contributed by atoms with Crippen molar-refractivity contribution in [2.75, 3.05) is 36.4 Å². The zero-order valence-electron chi connectivity index (χ0n) is 13.9. The summed E-state index contributed by atoms with van der Waals surface area (Å²) in [6.45, 7) is 4.41. The van der Waals surface area contributed by atoms with Gasteiger partial charge >= 0.3 is 6.03 Å². The van der Waals surface area contributed by atoms with Gasteiger partial charge < -0.3 is 15.1 Å². The second-order valence-electron chi connectivity index (χ2n) is 5.71. The molecule has 1 aliphatic rings. The molecule has 2 heterocycles. The summed E-state index contributed by atoms with van der Waals surface area (Å²) in [4.78, 5) is 28.4. The molecule has 1 fully saturated rings. The van der Waals surface area contributed by atoms with Gasteiger partial charge in [-0.2, -0.15) is 0 Å². The minimum Gasteiger partial charge on any atom is -0.368 e. The SMILES string of the molecule is C[C@@H](NC(=O)N1CCN(c2ccccc2)CC1)C(=O)Nc1nncs1. The average molecular weight is 360 g/mol. The van der Waals surface area contributed by atoms with Crippen molar-refractivity contribution in [3.63, 3.8) is 0 Å². The van der Waals surface area contributed by atoms with Crippen LogP contribution in [0.4, 0.5) is 15.6 Å². The van der Waals surface area contributed by atoms with Gasteiger partial charge in [0.15, 0.2) is 0 Å². The zero-order chi connectivity index (χ0) is 17.6. The standard InChI is InChI=1S/C16H20N6O2S/c1-12(14(23)19-15-20-17-11-25-15)18-16(24)22-9-7-21(8-10-22)13-5-3-2-4-6-13/h2-6,11-12H,7-10H2,1H3,(H,18,24)(H,19,20,23)/t12-/m1/s1. The molecule has 1 saturated heterocycles. The number of amides is 3. The van der Waals surface area contributed by atoms with Gasteiger partial charge in [0, 0.05) is 31.9 Å². The molecule has 0 bridgehead atoms. The van der Waals surface area contributed by atoms with Crippen molar-refractivity contribution in [2.45, 2.75) is 13.0 Å². The van der Waals surface area contributed by atoms with Gasteiger partial charge in [0.05, 0.1) is 0 Å². The van der Waals surface area contributed by atoms with Crippen molar-refractivity contribution in [2.24, 2.45) is 0 Å². The Balaban J connectivity index is 1.46. The fourth-order valence-corrected chi connectivity index (χ4v) is 3.04. The third-order valence-electron chi connectivity index (χ3n) is 4.01. The van der Waals surface area contributed by atoms with Crippen molar-refractivity contribution in [1.82, 2.24) is 20.4 Å². The van der Waals surface area contributed by atoms with Crippen LogP contribution >= 0.6 is 11.3 Å². The summed E-state index contributed by atoms with van der Waals surface area (Å²) >= 11 is 1.23. The number of carbonyl (C=O) groups excluding carboxylic acids is 2. The Hall–Kier alpha value is -2.68. The smallest absolute Gasteiger partial charge is 0.318 e. The minimum absolute atomic E-state index is 0.229. The number of nitrogens with one attached hydrogen (secondary N) is 2. The van der Waals surface area contributed by atoms with E-state index < -0.39 is 6.04 Å². The van der Waals surface area contributed by atoms with Crippen LogP contribution < -0.4 is 15.5 Å². The first kappa shape index (κ1) is 17.2. The molecule has 2 aromatic rings. The van der Waals surface area contributed by atoms with Gasteiger partial charge in [0.25, 0.3) is 0 Å². The number of aromatic nitrogens is 2. The maximum atomic E-state index is 12.3. The highest BCUT2D eigenvalue weighted by atomic mass is 32.1. The molecule has 1 aromatic heterocycles. The van der Waals surface area contributed by atoms with E-state index in [-0.39, 0.29) is 11.9 Å². The van der Waals surface area contributed by atoms with E-state index in [2.05, 4.69) is 37.9 Å². The largest absolute Gasteiger partial charge is 0.368 e. The fourth-order valence-electron chi connectivity index (χ4n) is 2.59. The van der Waals surface area contributed by atoms with Crippen LogP contribution in [0.15, 0.2) is 35.8 Å². The van der Waals surface area contributed by atoms with Gasteiger partial charge in [-0.15, -0.1) is 10.2 Å². The Labute approximate surface area is 149 Å². The lowest BCUT2D eigenvalue weighted by Crippen LogP contribution is -2.54. The van der Waals surface area contributed by atoms with Gasteiger partial charge in [0.2, 0.25) is 11.0 Å². The summed E-state index contributed by atoms with van der Waals surface area (Å²) in [6.07, 6.45) is 0. The number of hydrogen-bond acceptors (Lipinski definition) is 6. The van der Waals surface area contributed by atoms with E-state index in [0.717, 1.165) is 18.8 Å². The molecule has 132 valence electrons. The highest BCUT2D eigenvalue weighted by Crippen LogP contribution is 2.15. The van der Waals surface area contributed by atoms with Crippen molar-refractivity contribution in [1.29, 1.82) is 0 Å². The predicted molar refractivity (Wildman–Crippen MR) is 96.8 cm³/mol. The molecule has 0 aliphatic carbocycles. The summed E-state index contributed by atoms with van der Waals surface area (Å²) in [7, 11) is 0. The molecule has 0 spiro atoms. The summed E-state index contributed by atoms with van der Waals surface area (Å²) in [5.74, 6) is -0.312. The van der Waals surface area contributed by atoms with Crippen molar-refractivity contribution < 1.29 is 9.59 Å². The van der Waals surface area contributed by atoms with E-state index in [1.807, 2.05) is 18.2 Å². The number of carbonyl (C=O) groups is 2. The van der Waals surface area contributed by atoms with Crippen LogP contribution in [-0.4, -0.2) is 59.3 Å². The van der Waals surface area contributed by atoms with Crippen LogP contribution in [0.1, 0.15) is 6.92 Å². The first-order valence-corrected chi connectivity index (χ1v) is 8.94. The Kier molecular flexibility index (Phi) is 5.44. The van der Waals surface area contributed by atoms with Crippen LogP contribution in [0.25, 0.3) is 0 Å². The van der Waals surface area contributed by atoms with Gasteiger partial charge in [-0.25, -0.2) is 4.79 Å². The number of benzene rings is 1. The molecule has 25 heavy (non-hydrogen) atoms. The molecular weight excluding hydrogens is 340 g/mol. The summed E-state index contributed by atoms with van der Waals surface area (Å²) in [6, 6.07) is 9.25. The number of nitrogens with zero attached hydrogens (tertiary/aromatic N) is 4. The van der Waals surface area contributed by atoms with E-state index in [4.69, 9.17) is 0 Å². The molecule has 9 heteroatoms. The molecule has 1 aliphatic heterocycles. The van der Waals surface area contributed by atoms with E-state index in [0.29, 0.717) is 18.2 Å². The van der Waals surface area contributed by atoms with Gasteiger partial charge in [-0.3, -0.25) is 10.1 Å². The van der Waals surface area contributed by atoms with Gasteiger partial charge in [0.1, 0.15) is 11.6 Å². The Morgan fingerprint density at radius 3 is 2.52 bits per heavy atom. The topological polar surface area (TPSA) is 90.5 Å². The maximum Gasteiger partial charge on any atom is 0.318 e. The first-order valence-electron chi connectivity index (χ1n) is 8.06. The van der Waals surface area contributed by atoms with Gasteiger partial charge in [-0.05, 0) is 19.1 Å². The first-order chi connectivity index (χ1) is 12.1. The molecule has 2 N–H and O–H groups in total. The van der Waals surface area contributed by atoms with Gasteiger partial charge in [-0.1, -0.05) is 29.5 Å². The summed E-state index contributed by atoms with van der Waals surface area (Å²) < 4.78 is 0. The molecule has 1 atom stereocenters. The van der Waals surface area contributed by atoms with Crippen LogP contribution in [0.2, 0.25) is 0 Å². The number of hydrogen-bond donors (Lipinski definition) is 2. The second-order valence-corrected chi connectivity index (χ2v) is 6.55. The number of urea groups is 1. The molecule has 0 radical (unpaired) electrons. The van der Waals surface area contributed by atoms with Crippen LogP contribution in [0.3, 0.4) is 0 Å². The third kappa shape index (κ3) is 4.44. The molecule has 0 saturated carbocycles. The van der Waals surface area contributed by atoms with Crippen LogP contribution in [-0.2, 0) is 4.79 Å². The second kappa shape index (κ2) is 7.93. The quantitative estimate of drug-likeness (QED) is 0.860. The maximum absolute atomic E-state index is 12.3. The van der Waals surface area contributed by atoms with E-state index in [9.17, 15) is 9.59 Å². The molecular formula is C16H20N6O2S. The minimum atomic E-state index is -0.649. The summed E-state index contributed by atoms with van der Waals surface area (Å²) in [5.41, 5.74) is 2.69. The lowest BCUT2D eigenvalue weighted by molar-refractivity contribution is -0.117. The van der Waals surface area contributed by atoms with E-state index >= 15 is 0 Å². The zero-order valence-corrected chi connectivity index (χ0v) is 14.7. The molecule has 3 amide bonds. The third-order valence-corrected chi connectivity index (χ3v) is 4.62. The van der Waals surface area contributed by atoms with Crippen molar-refractivity contribution in [3.05, 3.63) is 35.8 Å². The van der Waals surface area contributed by atoms with Crippen LogP contribution in [0.5, 0.6) is 0 Å². The van der Waals surface area contributed by atoms with E-state index in [1.54, 1.807) is 11.8 Å². The summed E-state index contributed by atoms with van der Waals surface area (Å²) in [5, 5.41) is 13.2. The van der Waals surface area contributed by atoms with Crippen molar-refractivity contribution >= 4 is 34.1 Å². The lowest BCUT2D eigenvalue weighted by atomic mass is 10.2. The van der Waals surface area contributed by atoms with Crippen LogP contribution in [0, 0.1) is 0 Å². The van der Waals surface area contributed by atoms with E-state index in [1.165, 1.54) is 16.8 Å². The molecule has 0 unspecified atom stereocenters. The molecule has 8 nitrogen and oxygen atoms in total. The molecule has 1 aromatic carbocycles.